The number of nitrogens with zero attached hydrogens (tertiary/aromatic N) is 3. The van der Waals surface area contributed by atoms with E-state index in [2.05, 4.69) is 22.3 Å². The van der Waals surface area contributed by atoms with Crippen molar-refractivity contribution in [2.24, 2.45) is 0 Å². The zero-order valence-corrected chi connectivity index (χ0v) is 18.1. The van der Waals surface area contributed by atoms with E-state index in [0.29, 0.717) is 30.6 Å². The van der Waals surface area contributed by atoms with Crippen LogP contribution in [0.4, 0.5) is 0 Å². The molecule has 1 saturated carbocycles. The Balaban J connectivity index is 1.14. The molecule has 1 aromatic heterocycles. The van der Waals surface area contributed by atoms with Gasteiger partial charge in [-0.3, -0.25) is 4.79 Å². The van der Waals surface area contributed by atoms with Crippen LogP contribution >= 0.6 is 0 Å². The molecule has 2 fully saturated rings. The molecule has 4 aromatic rings. The number of likely N-dealkylation sites (tertiary alicyclic amines) is 1. The first-order chi connectivity index (χ1) is 16.2. The van der Waals surface area contributed by atoms with Crippen molar-refractivity contribution in [3.8, 4) is 28.6 Å². The predicted molar refractivity (Wildman–Crippen MR) is 124 cm³/mol. The van der Waals surface area contributed by atoms with Crippen molar-refractivity contribution < 1.29 is 14.1 Å². The van der Waals surface area contributed by atoms with Crippen molar-refractivity contribution in [3.05, 3.63) is 90.5 Å². The van der Waals surface area contributed by atoms with Crippen LogP contribution < -0.4 is 4.74 Å². The SMILES string of the molecule is O=C(N1CC(Oc2ccccc2-c2nc(-c3ccccc3)no2)C1)C1(c2ccccc2)CC1. The summed E-state index contributed by atoms with van der Waals surface area (Å²) in [6, 6.07) is 27.5. The van der Waals surface area contributed by atoms with E-state index in [1.807, 2.05) is 77.7 Å². The number of hydrogen-bond acceptors (Lipinski definition) is 5. The van der Waals surface area contributed by atoms with Gasteiger partial charge in [0.1, 0.15) is 11.9 Å². The van der Waals surface area contributed by atoms with Crippen LogP contribution in [-0.2, 0) is 10.2 Å². The number of rotatable bonds is 6. The van der Waals surface area contributed by atoms with Crippen LogP contribution in [-0.4, -0.2) is 40.1 Å². The van der Waals surface area contributed by atoms with E-state index in [9.17, 15) is 4.79 Å². The van der Waals surface area contributed by atoms with Crippen molar-refractivity contribution in [2.75, 3.05) is 13.1 Å². The van der Waals surface area contributed by atoms with Crippen LogP contribution in [0.15, 0.2) is 89.5 Å². The first-order valence-electron chi connectivity index (χ1n) is 11.2. The largest absolute Gasteiger partial charge is 0.486 e. The lowest BCUT2D eigenvalue weighted by Gasteiger charge is -2.41. The quantitative estimate of drug-likeness (QED) is 0.436. The topological polar surface area (TPSA) is 68.5 Å². The predicted octanol–water partition coefficient (Wildman–Crippen LogP) is 4.73. The average Bonchev–Trinajstić information content (AvgIpc) is 3.52. The molecule has 0 bridgehead atoms. The molecule has 6 nitrogen and oxygen atoms in total. The lowest BCUT2D eigenvalue weighted by Crippen LogP contribution is -2.58. The van der Waals surface area contributed by atoms with E-state index in [1.165, 1.54) is 0 Å². The number of carbonyl (C=O) groups is 1. The van der Waals surface area contributed by atoms with E-state index < -0.39 is 0 Å². The summed E-state index contributed by atoms with van der Waals surface area (Å²) in [5.74, 6) is 1.85. The molecule has 1 saturated heterocycles. The van der Waals surface area contributed by atoms with E-state index in [-0.39, 0.29) is 17.4 Å². The minimum Gasteiger partial charge on any atom is -0.486 e. The monoisotopic (exact) mass is 437 g/mol. The number of ether oxygens (including phenoxy) is 1. The van der Waals surface area contributed by atoms with Crippen LogP contribution in [0.1, 0.15) is 18.4 Å². The molecular weight excluding hydrogens is 414 g/mol. The molecule has 2 heterocycles. The zero-order valence-electron chi connectivity index (χ0n) is 18.1. The van der Waals surface area contributed by atoms with Gasteiger partial charge in [-0.05, 0) is 30.5 Å². The number of hydrogen-bond donors (Lipinski definition) is 0. The number of para-hydroxylation sites is 1. The van der Waals surface area contributed by atoms with Gasteiger partial charge < -0.3 is 14.2 Å². The lowest BCUT2D eigenvalue weighted by atomic mass is 9.93. The second kappa shape index (κ2) is 7.89. The molecule has 3 aromatic carbocycles. The first kappa shape index (κ1) is 19.7. The van der Waals surface area contributed by atoms with Gasteiger partial charge in [-0.1, -0.05) is 78.0 Å². The van der Waals surface area contributed by atoms with E-state index in [1.54, 1.807) is 0 Å². The highest BCUT2D eigenvalue weighted by molar-refractivity contribution is 5.92. The summed E-state index contributed by atoms with van der Waals surface area (Å²) in [5, 5.41) is 4.12. The standard InChI is InChI=1S/C27H23N3O3/c31-26(27(15-16-27)20-11-5-2-6-12-20)30-17-21(18-30)32-23-14-8-7-13-22(23)25-28-24(29-33-25)19-9-3-1-4-10-19/h1-14,21H,15-18H2. The smallest absolute Gasteiger partial charge is 0.262 e. The van der Waals surface area contributed by atoms with Crippen LogP contribution in [0.3, 0.4) is 0 Å². The molecule has 164 valence electrons. The number of aromatic nitrogens is 2. The third kappa shape index (κ3) is 3.57. The molecule has 0 N–H and O–H groups in total. The highest BCUT2D eigenvalue weighted by Crippen LogP contribution is 2.50. The molecule has 6 heteroatoms. The summed E-state index contributed by atoms with van der Waals surface area (Å²) in [7, 11) is 0. The Morgan fingerprint density at radius 3 is 2.30 bits per heavy atom. The van der Waals surface area contributed by atoms with Crippen molar-refractivity contribution >= 4 is 5.91 Å². The van der Waals surface area contributed by atoms with Crippen molar-refractivity contribution in [1.29, 1.82) is 0 Å². The second-order valence-electron chi connectivity index (χ2n) is 8.68. The van der Waals surface area contributed by atoms with Crippen molar-refractivity contribution in [2.45, 2.75) is 24.4 Å². The number of benzene rings is 3. The summed E-state index contributed by atoms with van der Waals surface area (Å²) < 4.78 is 11.8. The van der Waals surface area contributed by atoms with Crippen molar-refractivity contribution in [1.82, 2.24) is 15.0 Å². The number of amides is 1. The van der Waals surface area contributed by atoms with Gasteiger partial charge >= 0.3 is 0 Å². The second-order valence-corrected chi connectivity index (χ2v) is 8.68. The van der Waals surface area contributed by atoms with Crippen LogP contribution in [0.2, 0.25) is 0 Å². The zero-order chi connectivity index (χ0) is 22.3. The molecule has 0 spiro atoms. The van der Waals surface area contributed by atoms with Crippen LogP contribution in [0, 0.1) is 0 Å². The van der Waals surface area contributed by atoms with E-state index in [0.717, 1.165) is 29.5 Å². The molecule has 2 aliphatic rings. The molecule has 1 amide bonds. The maximum atomic E-state index is 13.2. The van der Waals surface area contributed by atoms with Crippen LogP contribution in [0.5, 0.6) is 5.75 Å². The minimum absolute atomic E-state index is 0.0572. The molecule has 0 radical (unpaired) electrons. The Hall–Kier alpha value is -3.93. The van der Waals surface area contributed by atoms with Gasteiger partial charge in [0.05, 0.1) is 24.1 Å². The first-order valence-corrected chi connectivity index (χ1v) is 11.2. The van der Waals surface area contributed by atoms with Crippen LogP contribution in [0.25, 0.3) is 22.8 Å². The normalized spacial score (nSPS) is 16.8. The molecular formula is C27H23N3O3. The third-order valence-electron chi connectivity index (χ3n) is 6.49. The van der Waals surface area contributed by atoms with E-state index >= 15 is 0 Å². The minimum atomic E-state index is -0.332. The molecule has 33 heavy (non-hydrogen) atoms. The van der Waals surface area contributed by atoms with Gasteiger partial charge in [-0.15, -0.1) is 0 Å². The fraction of sp³-hybridized carbons (Fsp3) is 0.222. The third-order valence-corrected chi connectivity index (χ3v) is 6.49. The fourth-order valence-corrected chi connectivity index (χ4v) is 4.45. The fourth-order valence-electron chi connectivity index (χ4n) is 4.45. The molecule has 0 atom stereocenters. The maximum absolute atomic E-state index is 13.2. The van der Waals surface area contributed by atoms with Gasteiger partial charge in [-0.25, -0.2) is 0 Å². The van der Waals surface area contributed by atoms with Gasteiger partial charge in [-0.2, -0.15) is 4.98 Å². The summed E-state index contributed by atoms with van der Waals surface area (Å²) in [4.78, 5) is 19.6. The summed E-state index contributed by atoms with van der Waals surface area (Å²) in [6.07, 6.45) is 1.78. The highest BCUT2D eigenvalue weighted by atomic mass is 16.5. The Morgan fingerprint density at radius 2 is 1.58 bits per heavy atom. The Labute approximate surface area is 191 Å². The maximum Gasteiger partial charge on any atom is 0.262 e. The Kier molecular flexibility index (Phi) is 4.72. The van der Waals surface area contributed by atoms with Crippen molar-refractivity contribution in [3.63, 3.8) is 0 Å². The Morgan fingerprint density at radius 1 is 0.909 bits per heavy atom. The molecule has 1 aliphatic carbocycles. The van der Waals surface area contributed by atoms with Gasteiger partial charge in [0, 0.05) is 5.56 Å². The molecule has 0 unspecified atom stereocenters. The summed E-state index contributed by atoms with van der Waals surface area (Å²) in [6.45, 7) is 1.17. The highest BCUT2D eigenvalue weighted by Gasteiger charge is 2.54. The van der Waals surface area contributed by atoms with Gasteiger partial charge in [0.25, 0.3) is 5.89 Å². The lowest BCUT2D eigenvalue weighted by molar-refractivity contribution is -0.142. The molecule has 1 aliphatic heterocycles. The molecule has 6 rings (SSSR count). The number of carbonyl (C=O) groups excluding carboxylic acids is 1. The Bertz CT molecular complexity index is 1280. The summed E-state index contributed by atoms with van der Waals surface area (Å²) in [5.41, 5.74) is 2.43. The van der Waals surface area contributed by atoms with Gasteiger partial charge in [0.15, 0.2) is 0 Å². The van der Waals surface area contributed by atoms with Gasteiger partial charge in [0.2, 0.25) is 11.7 Å². The van der Waals surface area contributed by atoms with E-state index in [4.69, 9.17) is 9.26 Å². The average molecular weight is 437 g/mol. The summed E-state index contributed by atoms with van der Waals surface area (Å²) >= 11 is 0.